The van der Waals surface area contributed by atoms with Gasteiger partial charge < -0.3 is 9.73 Å². The largest absolute Gasteiger partial charge is 0.388 e. The number of fused-ring (bicyclic) bond motifs is 1. The second kappa shape index (κ2) is 4.81. The molecule has 1 aromatic heterocycles. The molecule has 1 N–H and O–H groups in total. The average molecular weight is 266 g/mol. The predicted molar refractivity (Wildman–Crippen MR) is 79.5 cm³/mol. The molecule has 20 heavy (non-hydrogen) atoms. The molecule has 3 aromatic rings. The van der Waals surface area contributed by atoms with Crippen LogP contribution >= 0.6 is 0 Å². The lowest BCUT2D eigenvalue weighted by Crippen LogP contribution is -2.05. The SMILES string of the molecule is Cc1ccc(Nc2nc3ccccc3c(=O)o2)c(C)c1. The number of nitrogens with one attached hydrogen (secondary N) is 1. The third kappa shape index (κ3) is 2.28. The summed E-state index contributed by atoms with van der Waals surface area (Å²) in [7, 11) is 0. The fourth-order valence-electron chi connectivity index (χ4n) is 2.14. The van der Waals surface area contributed by atoms with Crippen molar-refractivity contribution in [2.24, 2.45) is 0 Å². The molecule has 0 aliphatic heterocycles. The topological polar surface area (TPSA) is 55.1 Å². The number of rotatable bonds is 2. The first-order chi connectivity index (χ1) is 9.63. The molecule has 0 aliphatic rings. The second-order valence-electron chi connectivity index (χ2n) is 4.77. The highest BCUT2D eigenvalue weighted by atomic mass is 16.4. The molecule has 100 valence electrons. The van der Waals surface area contributed by atoms with Crippen molar-refractivity contribution in [3.63, 3.8) is 0 Å². The van der Waals surface area contributed by atoms with Crippen LogP contribution in [0, 0.1) is 13.8 Å². The molecule has 2 aromatic carbocycles. The van der Waals surface area contributed by atoms with E-state index < -0.39 is 0 Å². The van der Waals surface area contributed by atoms with E-state index in [4.69, 9.17) is 4.42 Å². The van der Waals surface area contributed by atoms with E-state index in [1.54, 1.807) is 18.2 Å². The highest BCUT2D eigenvalue weighted by Gasteiger charge is 2.07. The molecule has 0 atom stereocenters. The van der Waals surface area contributed by atoms with E-state index in [1.807, 2.05) is 32.0 Å². The molecule has 0 saturated heterocycles. The highest BCUT2D eigenvalue weighted by molar-refractivity contribution is 5.78. The first-order valence-corrected chi connectivity index (χ1v) is 6.37. The van der Waals surface area contributed by atoms with Crippen molar-refractivity contribution in [3.8, 4) is 0 Å². The zero-order valence-electron chi connectivity index (χ0n) is 11.3. The van der Waals surface area contributed by atoms with Crippen LogP contribution < -0.4 is 10.9 Å². The average Bonchev–Trinajstić information content (AvgIpc) is 2.42. The van der Waals surface area contributed by atoms with Gasteiger partial charge in [-0.25, -0.2) is 4.79 Å². The molecule has 0 radical (unpaired) electrons. The molecule has 0 fully saturated rings. The Morgan fingerprint density at radius 2 is 1.90 bits per heavy atom. The minimum absolute atomic E-state index is 0.209. The molecule has 0 saturated carbocycles. The van der Waals surface area contributed by atoms with Crippen LogP contribution in [-0.2, 0) is 0 Å². The number of para-hydroxylation sites is 1. The fourth-order valence-corrected chi connectivity index (χ4v) is 2.14. The fraction of sp³-hybridized carbons (Fsp3) is 0.125. The van der Waals surface area contributed by atoms with Gasteiger partial charge in [0, 0.05) is 5.69 Å². The Hall–Kier alpha value is -2.62. The lowest BCUT2D eigenvalue weighted by Gasteiger charge is -2.08. The molecular formula is C16H14N2O2. The maximum absolute atomic E-state index is 11.9. The van der Waals surface area contributed by atoms with Crippen LogP contribution in [-0.4, -0.2) is 4.98 Å². The van der Waals surface area contributed by atoms with Crippen LogP contribution in [0.25, 0.3) is 10.9 Å². The van der Waals surface area contributed by atoms with Crippen molar-refractivity contribution in [2.45, 2.75) is 13.8 Å². The first-order valence-electron chi connectivity index (χ1n) is 6.37. The van der Waals surface area contributed by atoms with E-state index in [1.165, 1.54) is 5.56 Å². The maximum atomic E-state index is 11.9. The number of aryl methyl sites for hydroxylation is 2. The van der Waals surface area contributed by atoms with Gasteiger partial charge in [0.15, 0.2) is 0 Å². The number of benzene rings is 2. The summed E-state index contributed by atoms with van der Waals surface area (Å²) in [6, 6.07) is 13.3. The van der Waals surface area contributed by atoms with Gasteiger partial charge in [0.25, 0.3) is 0 Å². The minimum atomic E-state index is -0.386. The van der Waals surface area contributed by atoms with E-state index in [-0.39, 0.29) is 11.6 Å². The van der Waals surface area contributed by atoms with Crippen molar-refractivity contribution in [1.29, 1.82) is 0 Å². The molecule has 0 bridgehead atoms. The minimum Gasteiger partial charge on any atom is -0.388 e. The van der Waals surface area contributed by atoms with Crippen molar-refractivity contribution < 1.29 is 4.42 Å². The summed E-state index contributed by atoms with van der Waals surface area (Å²) in [6.07, 6.45) is 0. The molecule has 0 unspecified atom stereocenters. The summed E-state index contributed by atoms with van der Waals surface area (Å²) in [5.41, 5.74) is 3.36. The van der Waals surface area contributed by atoms with E-state index >= 15 is 0 Å². The standard InChI is InChI=1S/C16H14N2O2/c1-10-7-8-13(11(2)9-10)17-16-18-14-6-4-3-5-12(14)15(19)20-16/h3-9H,1-2H3,(H,17,18). The van der Waals surface area contributed by atoms with Crippen LogP contribution in [0.3, 0.4) is 0 Å². The Bertz CT molecular complexity index is 837. The van der Waals surface area contributed by atoms with E-state index in [0.29, 0.717) is 10.9 Å². The molecule has 4 nitrogen and oxygen atoms in total. The zero-order chi connectivity index (χ0) is 14.1. The summed E-state index contributed by atoms with van der Waals surface area (Å²) in [4.78, 5) is 16.2. The number of hydrogen-bond acceptors (Lipinski definition) is 4. The molecule has 3 rings (SSSR count). The molecule has 1 heterocycles. The van der Waals surface area contributed by atoms with Crippen molar-refractivity contribution in [1.82, 2.24) is 4.98 Å². The van der Waals surface area contributed by atoms with Gasteiger partial charge in [0.05, 0.1) is 10.9 Å². The van der Waals surface area contributed by atoms with E-state index in [2.05, 4.69) is 16.4 Å². The van der Waals surface area contributed by atoms with Gasteiger partial charge >= 0.3 is 11.6 Å². The molecular weight excluding hydrogens is 252 g/mol. The smallest absolute Gasteiger partial charge is 0.348 e. The zero-order valence-corrected chi connectivity index (χ0v) is 11.3. The highest BCUT2D eigenvalue weighted by Crippen LogP contribution is 2.20. The first kappa shape index (κ1) is 12.4. The Morgan fingerprint density at radius 1 is 1.10 bits per heavy atom. The van der Waals surface area contributed by atoms with Crippen LogP contribution in [0.1, 0.15) is 11.1 Å². The lowest BCUT2D eigenvalue weighted by molar-refractivity contribution is 0.522. The van der Waals surface area contributed by atoms with Gasteiger partial charge in [-0.1, -0.05) is 29.8 Å². The van der Waals surface area contributed by atoms with Gasteiger partial charge in [-0.05, 0) is 37.6 Å². The third-order valence-corrected chi connectivity index (χ3v) is 3.16. The Morgan fingerprint density at radius 3 is 2.70 bits per heavy atom. The number of anilines is 2. The normalized spacial score (nSPS) is 10.7. The Balaban J connectivity index is 2.05. The third-order valence-electron chi connectivity index (χ3n) is 3.16. The van der Waals surface area contributed by atoms with Crippen molar-refractivity contribution in [2.75, 3.05) is 5.32 Å². The van der Waals surface area contributed by atoms with Gasteiger partial charge in [-0.15, -0.1) is 0 Å². The monoisotopic (exact) mass is 266 g/mol. The predicted octanol–water partition coefficient (Wildman–Crippen LogP) is 3.55. The van der Waals surface area contributed by atoms with Crippen LogP contribution in [0.15, 0.2) is 51.7 Å². The lowest BCUT2D eigenvalue weighted by atomic mass is 10.1. The van der Waals surface area contributed by atoms with Gasteiger partial charge in [-0.3, -0.25) is 0 Å². The molecule has 4 heteroatoms. The maximum Gasteiger partial charge on any atom is 0.348 e. The summed E-state index contributed by atoms with van der Waals surface area (Å²) in [5.74, 6) is 0. The Kier molecular flexibility index (Phi) is 2.99. The van der Waals surface area contributed by atoms with Gasteiger partial charge in [0.1, 0.15) is 0 Å². The summed E-state index contributed by atoms with van der Waals surface area (Å²) in [5, 5.41) is 3.54. The molecule has 0 aliphatic carbocycles. The van der Waals surface area contributed by atoms with Crippen LogP contribution in [0.2, 0.25) is 0 Å². The van der Waals surface area contributed by atoms with Gasteiger partial charge in [-0.2, -0.15) is 4.98 Å². The van der Waals surface area contributed by atoms with E-state index in [0.717, 1.165) is 11.3 Å². The Labute approximate surface area is 116 Å². The molecule has 0 amide bonds. The number of aromatic nitrogens is 1. The van der Waals surface area contributed by atoms with Crippen molar-refractivity contribution in [3.05, 3.63) is 64.0 Å². The summed E-state index contributed by atoms with van der Waals surface area (Å²) in [6.45, 7) is 4.03. The number of nitrogens with zero attached hydrogens (tertiary/aromatic N) is 1. The summed E-state index contributed by atoms with van der Waals surface area (Å²) < 4.78 is 5.20. The van der Waals surface area contributed by atoms with Crippen LogP contribution in [0.4, 0.5) is 11.7 Å². The van der Waals surface area contributed by atoms with E-state index in [9.17, 15) is 4.79 Å². The van der Waals surface area contributed by atoms with Crippen LogP contribution in [0.5, 0.6) is 0 Å². The second-order valence-corrected chi connectivity index (χ2v) is 4.77. The molecule has 0 spiro atoms. The summed E-state index contributed by atoms with van der Waals surface area (Å²) >= 11 is 0. The van der Waals surface area contributed by atoms with Crippen molar-refractivity contribution >= 4 is 22.6 Å². The quantitative estimate of drug-likeness (QED) is 0.770. The van der Waals surface area contributed by atoms with Gasteiger partial charge in [0.2, 0.25) is 0 Å². The number of hydrogen-bond donors (Lipinski definition) is 1.